The molecule has 0 radical (unpaired) electrons. The largest absolute Gasteiger partial charge is 0.460 e. The maximum absolute atomic E-state index is 12.7. The van der Waals surface area contributed by atoms with Crippen LogP contribution in [0.5, 0.6) is 0 Å². The molecule has 1 atom stereocenters. The number of carbonyl (C=O) groups is 2. The quantitative estimate of drug-likeness (QED) is 0.133. The summed E-state index contributed by atoms with van der Waals surface area (Å²) in [6.45, 7) is 10.4. The molecule has 2 rings (SSSR count). The lowest BCUT2D eigenvalue weighted by molar-refractivity contribution is -0.145. The first-order valence-corrected chi connectivity index (χ1v) is 15.0. The zero-order valence-corrected chi connectivity index (χ0v) is 23.4. The van der Waals surface area contributed by atoms with Gasteiger partial charge in [0.2, 0.25) is 0 Å². The van der Waals surface area contributed by atoms with Crippen molar-refractivity contribution in [1.29, 1.82) is 0 Å². The Kier molecular flexibility index (Phi) is 13.9. The van der Waals surface area contributed by atoms with Crippen LogP contribution in [0, 0.1) is 5.92 Å². The molecule has 9 heteroatoms. The van der Waals surface area contributed by atoms with Gasteiger partial charge in [0.25, 0.3) is 0 Å². The number of thioether (sulfide) groups is 1. The van der Waals surface area contributed by atoms with Crippen LogP contribution in [0.4, 0.5) is 0 Å². The lowest BCUT2D eigenvalue weighted by atomic mass is 10.0. The molecule has 0 saturated carbocycles. The van der Waals surface area contributed by atoms with E-state index in [-0.39, 0.29) is 23.6 Å². The number of ether oxygens (including phenoxy) is 1. The van der Waals surface area contributed by atoms with Crippen LogP contribution in [0.1, 0.15) is 71.4 Å². The minimum Gasteiger partial charge on any atom is -0.460 e. The van der Waals surface area contributed by atoms with Gasteiger partial charge in [0.1, 0.15) is 23.4 Å². The molecule has 0 aromatic carbocycles. The smallest absolute Gasteiger partial charge is 0.329 e. The molecule has 0 unspecified atom stereocenters. The van der Waals surface area contributed by atoms with Crippen molar-refractivity contribution in [2.45, 2.75) is 71.8 Å². The number of unbranched alkanes of at least 4 members (excludes halogenated alkanes) is 4. The highest BCUT2D eigenvalue weighted by Crippen LogP contribution is 2.25. The second-order valence-electron chi connectivity index (χ2n) is 8.53. The van der Waals surface area contributed by atoms with Gasteiger partial charge < -0.3 is 10.1 Å². The van der Waals surface area contributed by atoms with E-state index in [0.717, 1.165) is 35.7 Å². The van der Waals surface area contributed by atoms with Crippen LogP contribution < -0.4 is 5.32 Å². The van der Waals surface area contributed by atoms with E-state index in [9.17, 15) is 9.59 Å². The summed E-state index contributed by atoms with van der Waals surface area (Å²) in [6.07, 6.45) is 11.1. The third-order valence-corrected chi connectivity index (χ3v) is 7.65. The molecule has 35 heavy (non-hydrogen) atoms. The Bertz CT molecular complexity index is 939. The Morgan fingerprint density at radius 2 is 2.00 bits per heavy atom. The molecule has 1 N–H and O–H groups in total. The van der Waals surface area contributed by atoms with Gasteiger partial charge in [-0.15, -0.1) is 22.7 Å². The molecular formula is C26H37N3O3S3. The first-order chi connectivity index (χ1) is 16.9. The summed E-state index contributed by atoms with van der Waals surface area (Å²) in [5.74, 6) is 0.447. The highest BCUT2D eigenvalue weighted by Gasteiger charge is 2.24. The molecule has 0 aliphatic rings. The Morgan fingerprint density at radius 3 is 2.71 bits per heavy atom. The second-order valence-corrected chi connectivity index (χ2v) is 11.3. The molecule has 0 amide bonds. The van der Waals surface area contributed by atoms with Crippen LogP contribution in [0.3, 0.4) is 0 Å². The van der Waals surface area contributed by atoms with E-state index >= 15 is 0 Å². The number of esters is 1. The molecule has 2 aromatic heterocycles. The molecule has 0 aliphatic heterocycles. The summed E-state index contributed by atoms with van der Waals surface area (Å²) in [7, 11) is 0. The summed E-state index contributed by atoms with van der Waals surface area (Å²) in [4.78, 5) is 33.4. The van der Waals surface area contributed by atoms with Crippen LogP contribution in [0.25, 0.3) is 16.4 Å². The Labute approximate surface area is 221 Å². The van der Waals surface area contributed by atoms with Gasteiger partial charge in [-0.25, -0.2) is 14.8 Å². The van der Waals surface area contributed by atoms with Crippen molar-refractivity contribution in [2.24, 2.45) is 5.92 Å². The fourth-order valence-corrected chi connectivity index (χ4v) is 5.38. The number of nitrogens with one attached hydrogen (secondary N) is 1. The van der Waals surface area contributed by atoms with Gasteiger partial charge in [0.15, 0.2) is 5.12 Å². The molecule has 0 fully saturated rings. The summed E-state index contributed by atoms with van der Waals surface area (Å²) >= 11 is 4.41. The van der Waals surface area contributed by atoms with Crippen molar-refractivity contribution < 1.29 is 14.3 Å². The second kappa shape index (κ2) is 16.7. The van der Waals surface area contributed by atoms with E-state index in [1.807, 2.05) is 36.8 Å². The van der Waals surface area contributed by atoms with E-state index in [0.29, 0.717) is 17.8 Å². The van der Waals surface area contributed by atoms with Gasteiger partial charge >= 0.3 is 5.97 Å². The number of hydrogen-bond donors (Lipinski definition) is 1. The Morgan fingerprint density at radius 1 is 1.20 bits per heavy atom. The highest BCUT2D eigenvalue weighted by atomic mass is 32.2. The zero-order valence-electron chi connectivity index (χ0n) is 21.0. The van der Waals surface area contributed by atoms with Gasteiger partial charge in [0.05, 0.1) is 16.9 Å². The molecular weight excluding hydrogens is 499 g/mol. The number of hydrogen-bond acceptors (Lipinski definition) is 9. The first kappa shape index (κ1) is 29.3. The van der Waals surface area contributed by atoms with Crippen LogP contribution in [0.2, 0.25) is 0 Å². The van der Waals surface area contributed by atoms with Crippen LogP contribution in [-0.2, 0) is 14.3 Å². The minimum atomic E-state index is -0.522. The van der Waals surface area contributed by atoms with E-state index in [1.54, 1.807) is 5.51 Å². The SMILES string of the molecule is C=C(N[C@H](C(=O)OC/C=C/CCSC(=O)CCCCCCC)C(C)C)c1csc(-c2cscn2)n1. The van der Waals surface area contributed by atoms with Crippen molar-refractivity contribution in [2.75, 3.05) is 12.4 Å². The third kappa shape index (κ3) is 11.1. The average molecular weight is 536 g/mol. The van der Waals surface area contributed by atoms with Gasteiger partial charge in [-0.1, -0.05) is 76.9 Å². The summed E-state index contributed by atoms with van der Waals surface area (Å²) in [5.41, 5.74) is 3.90. The Balaban J connectivity index is 1.67. The number of thiazole rings is 2. The molecule has 2 aromatic rings. The number of nitrogens with zero attached hydrogens (tertiary/aromatic N) is 2. The summed E-state index contributed by atoms with van der Waals surface area (Å²) in [5, 5.41) is 8.14. The highest BCUT2D eigenvalue weighted by molar-refractivity contribution is 8.13. The molecule has 0 bridgehead atoms. The van der Waals surface area contributed by atoms with Crippen molar-refractivity contribution in [1.82, 2.24) is 15.3 Å². The molecule has 0 saturated heterocycles. The van der Waals surface area contributed by atoms with Crippen molar-refractivity contribution in [3.05, 3.63) is 40.7 Å². The van der Waals surface area contributed by atoms with Gasteiger partial charge in [-0.05, 0) is 18.8 Å². The summed E-state index contributed by atoms with van der Waals surface area (Å²) < 4.78 is 5.45. The maximum Gasteiger partial charge on any atom is 0.329 e. The number of carbonyl (C=O) groups excluding carboxylic acids is 2. The van der Waals surface area contributed by atoms with E-state index in [2.05, 4.69) is 28.8 Å². The van der Waals surface area contributed by atoms with Crippen LogP contribution in [0.15, 0.2) is 35.0 Å². The van der Waals surface area contributed by atoms with Crippen LogP contribution in [-0.4, -0.2) is 39.5 Å². The monoisotopic (exact) mass is 535 g/mol. The van der Waals surface area contributed by atoms with Gasteiger partial charge in [0, 0.05) is 22.9 Å². The van der Waals surface area contributed by atoms with Crippen molar-refractivity contribution >= 4 is 51.2 Å². The van der Waals surface area contributed by atoms with Crippen LogP contribution >= 0.6 is 34.4 Å². The molecule has 0 spiro atoms. The Hall–Kier alpha value is -1.97. The average Bonchev–Trinajstić information content (AvgIpc) is 3.53. The lowest BCUT2D eigenvalue weighted by Crippen LogP contribution is -2.41. The summed E-state index contributed by atoms with van der Waals surface area (Å²) in [6, 6.07) is -0.522. The number of allylic oxidation sites excluding steroid dienone is 1. The van der Waals surface area contributed by atoms with Gasteiger partial charge in [-0.2, -0.15) is 0 Å². The van der Waals surface area contributed by atoms with Crippen molar-refractivity contribution in [3.63, 3.8) is 0 Å². The van der Waals surface area contributed by atoms with E-state index < -0.39 is 6.04 Å². The van der Waals surface area contributed by atoms with E-state index in [1.165, 1.54) is 53.7 Å². The van der Waals surface area contributed by atoms with E-state index in [4.69, 9.17) is 4.74 Å². The molecule has 0 aliphatic carbocycles. The number of rotatable bonds is 17. The maximum atomic E-state index is 12.7. The predicted molar refractivity (Wildman–Crippen MR) is 150 cm³/mol. The van der Waals surface area contributed by atoms with Crippen molar-refractivity contribution in [3.8, 4) is 10.7 Å². The fourth-order valence-electron chi connectivity index (χ4n) is 3.20. The molecule has 6 nitrogen and oxygen atoms in total. The first-order valence-electron chi connectivity index (χ1n) is 12.2. The topological polar surface area (TPSA) is 81.2 Å². The van der Waals surface area contributed by atoms with Gasteiger partial charge in [-0.3, -0.25) is 4.79 Å². The minimum absolute atomic E-state index is 0.0178. The molecule has 192 valence electrons. The fraction of sp³-hybridized carbons (Fsp3) is 0.538. The predicted octanol–water partition coefficient (Wildman–Crippen LogP) is 6.96. The third-order valence-electron chi connectivity index (χ3n) is 5.24. The number of aromatic nitrogens is 2. The lowest BCUT2D eigenvalue weighted by Gasteiger charge is -2.22. The standard InChI is InChI=1S/C26H37N3O3S3/c1-5-6-7-8-10-13-23(30)34-15-12-9-11-14-32-26(31)24(19(2)3)28-20(4)21-17-35-25(29-21)22-16-33-18-27-22/h9,11,16-19,24,28H,4-8,10,12-15H2,1-3H3/b11-9+/t24-/m0/s1. The molecule has 2 heterocycles. The zero-order chi connectivity index (χ0) is 25.5. The normalized spacial score (nSPS) is 12.2.